The van der Waals surface area contributed by atoms with Crippen molar-refractivity contribution in [2.75, 3.05) is 49.7 Å². The number of hydrogen-bond acceptors (Lipinski definition) is 8. The van der Waals surface area contributed by atoms with E-state index in [1.807, 2.05) is 12.1 Å². The second kappa shape index (κ2) is 10.8. The van der Waals surface area contributed by atoms with Crippen molar-refractivity contribution < 1.29 is 24.5 Å². The van der Waals surface area contributed by atoms with Crippen molar-refractivity contribution in [1.29, 1.82) is 0 Å². The van der Waals surface area contributed by atoms with E-state index in [1.54, 1.807) is 17.0 Å². The maximum atomic E-state index is 12.8. The van der Waals surface area contributed by atoms with E-state index in [-0.39, 0.29) is 25.1 Å². The van der Waals surface area contributed by atoms with Crippen LogP contribution in [0, 0.1) is 0 Å². The molecule has 11 nitrogen and oxygen atoms in total. The molecule has 1 saturated heterocycles. The van der Waals surface area contributed by atoms with Crippen molar-refractivity contribution in [2.24, 2.45) is 0 Å². The van der Waals surface area contributed by atoms with E-state index in [1.165, 1.54) is 13.8 Å². The molecule has 4 rings (SSSR count). The molecule has 0 bridgehead atoms. The van der Waals surface area contributed by atoms with Crippen LogP contribution in [0.4, 0.5) is 16.3 Å². The molecule has 0 aliphatic carbocycles. The standard InChI is InChI=1S/C25H34N6O5/c1-16-15-36-13-11-31(16)22-19-14-30(23(33)25(2,3)35)10-8-20(19)28-21(29-22)17-4-6-18(7-5-17)27-24(34)26-9-12-32/h4-7,16,32,35H,8-15H2,1-3H3,(H2,26,27,34)/t16-/m0/s1. The Morgan fingerprint density at radius 3 is 2.61 bits per heavy atom. The first-order valence-corrected chi connectivity index (χ1v) is 12.2. The number of carbonyl (C=O) groups excluding carboxylic acids is 2. The number of aliphatic hydroxyl groups excluding tert-OH is 1. The number of nitrogens with one attached hydrogen (secondary N) is 2. The van der Waals surface area contributed by atoms with E-state index in [2.05, 4.69) is 22.5 Å². The van der Waals surface area contributed by atoms with Gasteiger partial charge in [0.15, 0.2) is 5.82 Å². The van der Waals surface area contributed by atoms with Gasteiger partial charge in [-0.15, -0.1) is 0 Å². The highest BCUT2D eigenvalue weighted by atomic mass is 16.5. The first-order chi connectivity index (χ1) is 17.2. The highest BCUT2D eigenvalue weighted by Gasteiger charge is 2.35. The molecule has 0 radical (unpaired) electrons. The largest absolute Gasteiger partial charge is 0.395 e. The number of rotatable bonds is 6. The summed E-state index contributed by atoms with van der Waals surface area (Å²) in [6.07, 6.45) is 0.559. The summed E-state index contributed by atoms with van der Waals surface area (Å²) in [4.78, 5) is 38.3. The Morgan fingerprint density at radius 2 is 1.94 bits per heavy atom. The lowest BCUT2D eigenvalue weighted by Crippen LogP contribution is -2.49. The Bertz CT molecular complexity index is 1100. The molecule has 36 heavy (non-hydrogen) atoms. The third kappa shape index (κ3) is 5.75. The molecular weight excluding hydrogens is 464 g/mol. The molecule has 194 valence electrons. The number of anilines is 2. The van der Waals surface area contributed by atoms with Gasteiger partial charge in [0.1, 0.15) is 11.4 Å². The summed E-state index contributed by atoms with van der Waals surface area (Å²) in [5.74, 6) is 1.04. The van der Waals surface area contributed by atoms with E-state index >= 15 is 0 Å². The Balaban J connectivity index is 1.65. The van der Waals surface area contributed by atoms with Gasteiger partial charge >= 0.3 is 6.03 Å². The molecule has 2 aliphatic rings. The zero-order valence-corrected chi connectivity index (χ0v) is 21.0. The van der Waals surface area contributed by atoms with Gasteiger partial charge in [-0.25, -0.2) is 14.8 Å². The summed E-state index contributed by atoms with van der Waals surface area (Å²) < 4.78 is 5.63. The van der Waals surface area contributed by atoms with Crippen LogP contribution in [0.1, 0.15) is 32.0 Å². The normalized spacial score (nSPS) is 18.0. The number of aliphatic hydroxyl groups is 2. The Hall–Kier alpha value is -3.28. The highest BCUT2D eigenvalue weighted by molar-refractivity contribution is 5.89. The number of hydrogen-bond donors (Lipinski definition) is 4. The zero-order valence-electron chi connectivity index (χ0n) is 21.0. The van der Waals surface area contributed by atoms with Crippen LogP contribution < -0.4 is 15.5 Å². The van der Waals surface area contributed by atoms with Gasteiger partial charge in [0, 0.05) is 42.9 Å². The van der Waals surface area contributed by atoms with Crippen LogP contribution in [0.5, 0.6) is 0 Å². The van der Waals surface area contributed by atoms with E-state index in [0.717, 1.165) is 22.6 Å². The van der Waals surface area contributed by atoms with Crippen molar-refractivity contribution in [2.45, 2.75) is 45.4 Å². The molecule has 3 amide bonds. The lowest BCUT2D eigenvalue weighted by molar-refractivity contribution is -0.148. The number of morpholine rings is 1. The van der Waals surface area contributed by atoms with Gasteiger partial charge in [-0.3, -0.25) is 4.79 Å². The molecule has 2 aliphatic heterocycles. The molecule has 2 aromatic rings. The maximum Gasteiger partial charge on any atom is 0.319 e. The Labute approximate surface area is 210 Å². The Morgan fingerprint density at radius 1 is 1.19 bits per heavy atom. The monoisotopic (exact) mass is 498 g/mol. The molecule has 11 heteroatoms. The third-order valence-electron chi connectivity index (χ3n) is 6.29. The average Bonchev–Trinajstić information content (AvgIpc) is 2.86. The quantitative estimate of drug-likeness (QED) is 0.465. The van der Waals surface area contributed by atoms with Crippen LogP contribution in [-0.4, -0.2) is 88.1 Å². The van der Waals surface area contributed by atoms with E-state index in [4.69, 9.17) is 19.8 Å². The average molecular weight is 499 g/mol. The van der Waals surface area contributed by atoms with Gasteiger partial charge in [0.2, 0.25) is 0 Å². The summed E-state index contributed by atoms with van der Waals surface area (Å²) in [6.45, 7) is 7.79. The molecule has 1 aromatic carbocycles. The molecule has 0 spiro atoms. The summed E-state index contributed by atoms with van der Waals surface area (Å²) >= 11 is 0. The molecule has 1 aromatic heterocycles. The minimum atomic E-state index is -1.45. The van der Waals surface area contributed by atoms with Gasteiger partial charge in [-0.05, 0) is 45.0 Å². The van der Waals surface area contributed by atoms with E-state index in [0.29, 0.717) is 50.8 Å². The molecule has 0 unspecified atom stereocenters. The minimum Gasteiger partial charge on any atom is -0.395 e. The predicted octanol–water partition coefficient (Wildman–Crippen LogP) is 1.14. The Kier molecular flexibility index (Phi) is 7.72. The third-order valence-corrected chi connectivity index (χ3v) is 6.29. The van der Waals surface area contributed by atoms with E-state index < -0.39 is 11.6 Å². The van der Waals surface area contributed by atoms with Crippen molar-refractivity contribution in [3.8, 4) is 11.4 Å². The van der Waals surface area contributed by atoms with Crippen LogP contribution in [-0.2, 0) is 22.5 Å². The predicted molar refractivity (Wildman–Crippen MR) is 135 cm³/mol. The van der Waals surface area contributed by atoms with Gasteiger partial charge < -0.3 is 35.4 Å². The molecule has 1 atom stereocenters. The summed E-state index contributed by atoms with van der Waals surface area (Å²) in [7, 11) is 0. The van der Waals surface area contributed by atoms with Crippen molar-refractivity contribution in [1.82, 2.24) is 20.2 Å². The van der Waals surface area contributed by atoms with Gasteiger partial charge in [-0.2, -0.15) is 0 Å². The number of ether oxygens (including phenoxy) is 1. The number of benzene rings is 1. The van der Waals surface area contributed by atoms with Gasteiger partial charge in [-0.1, -0.05) is 0 Å². The van der Waals surface area contributed by atoms with Crippen molar-refractivity contribution >= 4 is 23.4 Å². The van der Waals surface area contributed by atoms with Gasteiger partial charge in [0.05, 0.1) is 38.1 Å². The van der Waals surface area contributed by atoms with Crippen molar-refractivity contribution in [3.05, 3.63) is 35.5 Å². The number of aromatic nitrogens is 2. The van der Waals surface area contributed by atoms with Crippen LogP contribution in [0.15, 0.2) is 24.3 Å². The zero-order chi connectivity index (χ0) is 25.9. The number of urea groups is 1. The molecule has 4 N–H and O–H groups in total. The van der Waals surface area contributed by atoms with Crippen LogP contribution in [0.2, 0.25) is 0 Å². The first kappa shape index (κ1) is 25.8. The lowest BCUT2D eigenvalue weighted by Gasteiger charge is -2.39. The lowest BCUT2D eigenvalue weighted by atomic mass is 10.0. The number of fused-ring (bicyclic) bond motifs is 1. The SMILES string of the molecule is C[C@H]1COCCN1c1nc(-c2ccc(NC(=O)NCCO)cc2)nc2c1CN(C(=O)C(C)(C)O)CC2. The topological polar surface area (TPSA) is 140 Å². The van der Waals surface area contributed by atoms with Crippen LogP contribution >= 0.6 is 0 Å². The van der Waals surface area contributed by atoms with Crippen LogP contribution in [0.25, 0.3) is 11.4 Å². The van der Waals surface area contributed by atoms with E-state index in [9.17, 15) is 14.7 Å². The number of nitrogens with zero attached hydrogens (tertiary/aromatic N) is 4. The number of carbonyl (C=O) groups is 2. The summed E-state index contributed by atoms with van der Waals surface area (Å²) in [5.41, 5.74) is 1.75. The minimum absolute atomic E-state index is 0.106. The van der Waals surface area contributed by atoms with Crippen LogP contribution in [0.3, 0.4) is 0 Å². The first-order valence-electron chi connectivity index (χ1n) is 12.2. The summed E-state index contributed by atoms with van der Waals surface area (Å²) in [6, 6.07) is 6.96. The maximum absolute atomic E-state index is 12.8. The molecule has 0 saturated carbocycles. The molecular formula is C25H34N6O5. The number of amides is 3. The fourth-order valence-corrected chi connectivity index (χ4v) is 4.41. The second-order valence-electron chi connectivity index (χ2n) is 9.63. The smallest absolute Gasteiger partial charge is 0.319 e. The fraction of sp³-hybridized carbons (Fsp3) is 0.520. The molecule has 3 heterocycles. The summed E-state index contributed by atoms with van der Waals surface area (Å²) in [5, 5.41) is 24.4. The second-order valence-corrected chi connectivity index (χ2v) is 9.63. The highest BCUT2D eigenvalue weighted by Crippen LogP contribution is 2.32. The molecule has 1 fully saturated rings. The fourth-order valence-electron chi connectivity index (χ4n) is 4.41. The van der Waals surface area contributed by atoms with Gasteiger partial charge in [0.25, 0.3) is 5.91 Å². The van der Waals surface area contributed by atoms with Crippen molar-refractivity contribution in [3.63, 3.8) is 0 Å².